The van der Waals surface area contributed by atoms with Crippen LogP contribution in [0, 0.1) is 0 Å². The summed E-state index contributed by atoms with van der Waals surface area (Å²) in [5, 5.41) is 2.37. The summed E-state index contributed by atoms with van der Waals surface area (Å²) in [6.45, 7) is 0. The standard InChI is InChI=1S/C19H17NO/c20-19(21)18(15-7-2-1-3-8-15)13-16-11-6-10-14-9-4-5-12-17(14)16/h1-12,18H,13H2,(H2,20,21). The molecule has 1 atom stereocenters. The highest BCUT2D eigenvalue weighted by Crippen LogP contribution is 2.25. The monoisotopic (exact) mass is 275 g/mol. The van der Waals surface area contributed by atoms with E-state index in [9.17, 15) is 4.79 Å². The van der Waals surface area contributed by atoms with Crippen LogP contribution in [0.25, 0.3) is 10.8 Å². The number of carbonyl (C=O) groups is 1. The number of amides is 1. The van der Waals surface area contributed by atoms with Crippen LogP contribution in [0.3, 0.4) is 0 Å². The zero-order valence-corrected chi connectivity index (χ0v) is 11.7. The fourth-order valence-electron chi connectivity index (χ4n) is 2.76. The molecule has 1 amide bonds. The van der Waals surface area contributed by atoms with Crippen LogP contribution < -0.4 is 5.73 Å². The molecule has 0 saturated carbocycles. The van der Waals surface area contributed by atoms with E-state index < -0.39 is 0 Å². The van der Waals surface area contributed by atoms with Gasteiger partial charge in [-0.25, -0.2) is 0 Å². The van der Waals surface area contributed by atoms with Gasteiger partial charge in [0.05, 0.1) is 5.92 Å². The summed E-state index contributed by atoms with van der Waals surface area (Å²) >= 11 is 0. The lowest BCUT2D eigenvalue weighted by Gasteiger charge is -2.15. The molecule has 0 radical (unpaired) electrons. The second-order valence-electron chi connectivity index (χ2n) is 5.21. The number of fused-ring (bicyclic) bond motifs is 1. The van der Waals surface area contributed by atoms with Crippen molar-refractivity contribution in [3.8, 4) is 0 Å². The van der Waals surface area contributed by atoms with Crippen molar-refractivity contribution >= 4 is 16.7 Å². The summed E-state index contributed by atoms with van der Waals surface area (Å²) in [4.78, 5) is 11.9. The summed E-state index contributed by atoms with van der Waals surface area (Å²) < 4.78 is 0. The van der Waals surface area contributed by atoms with Crippen LogP contribution in [0.1, 0.15) is 17.0 Å². The molecule has 0 bridgehead atoms. The van der Waals surface area contributed by atoms with E-state index in [1.54, 1.807) is 0 Å². The molecule has 0 aliphatic carbocycles. The van der Waals surface area contributed by atoms with Crippen LogP contribution in [-0.4, -0.2) is 5.91 Å². The Labute approximate surface area is 124 Å². The van der Waals surface area contributed by atoms with Gasteiger partial charge < -0.3 is 5.73 Å². The third-order valence-electron chi connectivity index (χ3n) is 3.85. The zero-order chi connectivity index (χ0) is 14.7. The highest BCUT2D eigenvalue weighted by molar-refractivity contribution is 5.87. The van der Waals surface area contributed by atoms with Crippen LogP contribution in [0.4, 0.5) is 0 Å². The topological polar surface area (TPSA) is 43.1 Å². The zero-order valence-electron chi connectivity index (χ0n) is 11.7. The molecule has 0 saturated heterocycles. The lowest BCUT2D eigenvalue weighted by molar-refractivity contribution is -0.119. The number of hydrogen-bond acceptors (Lipinski definition) is 1. The molecule has 3 aromatic rings. The number of rotatable bonds is 4. The molecule has 0 spiro atoms. The lowest BCUT2D eigenvalue weighted by atomic mass is 9.89. The summed E-state index contributed by atoms with van der Waals surface area (Å²) in [6, 6.07) is 24.1. The van der Waals surface area contributed by atoms with Crippen LogP contribution in [-0.2, 0) is 11.2 Å². The summed E-state index contributed by atoms with van der Waals surface area (Å²) in [5.74, 6) is -0.578. The first-order valence-electron chi connectivity index (χ1n) is 7.06. The van der Waals surface area contributed by atoms with E-state index in [1.165, 1.54) is 10.8 Å². The predicted molar refractivity (Wildman–Crippen MR) is 86.0 cm³/mol. The molecular formula is C19H17NO. The number of hydrogen-bond donors (Lipinski definition) is 1. The first kappa shape index (κ1) is 13.4. The Hall–Kier alpha value is -2.61. The van der Waals surface area contributed by atoms with Crippen molar-refractivity contribution in [2.24, 2.45) is 5.73 Å². The Morgan fingerprint density at radius 1 is 0.857 bits per heavy atom. The minimum Gasteiger partial charge on any atom is -0.369 e. The van der Waals surface area contributed by atoms with E-state index in [0.29, 0.717) is 6.42 Å². The van der Waals surface area contributed by atoms with Gasteiger partial charge in [0.2, 0.25) is 5.91 Å². The summed E-state index contributed by atoms with van der Waals surface area (Å²) in [6.07, 6.45) is 0.626. The van der Waals surface area contributed by atoms with E-state index in [4.69, 9.17) is 5.73 Å². The molecular weight excluding hydrogens is 258 g/mol. The molecule has 1 unspecified atom stereocenters. The molecule has 2 N–H and O–H groups in total. The van der Waals surface area contributed by atoms with Crippen molar-refractivity contribution in [1.29, 1.82) is 0 Å². The van der Waals surface area contributed by atoms with Crippen molar-refractivity contribution in [2.75, 3.05) is 0 Å². The Morgan fingerprint density at radius 2 is 1.52 bits per heavy atom. The maximum Gasteiger partial charge on any atom is 0.225 e. The van der Waals surface area contributed by atoms with Gasteiger partial charge in [-0.05, 0) is 28.3 Å². The second-order valence-corrected chi connectivity index (χ2v) is 5.21. The molecule has 2 nitrogen and oxygen atoms in total. The minimum absolute atomic E-state index is 0.283. The fourth-order valence-corrected chi connectivity index (χ4v) is 2.76. The molecule has 0 aliphatic heterocycles. The predicted octanol–water partition coefficient (Wildman–Crippen LogP) is 3.65. The van der Waals surface area contributed by atoms with Gasteiger partial charge in [-0.3, -0.25) is 4.79 Å². The highest BCUT2D eigenvalue weighted by atomic mass is 16.1. The van der Waals surface area contributed by atoms with Gasteiger partial charge >= 0.3 is 0 Å². The molecule has 0 aliphatic rings. The minimum atomic E-state index is -0.294. The lowest BCUT2D eigenvalue weighted by Crippen LogP contribution is -2.23. The average Bonchev–Trinajstić information content (AvgIpc) is 2.53. The van der Waals surface area contributed by atoms with Crippen molar-refractivity contribution in [3.63, 3.8) is 0 Å². The Bertz CT molecular complexity index is 759. The molecule has 0 aromatic heterocycles. The molecule has 3 rings (SSSR count). The average molecular weight is 275 g/mol. The van der Waals surface area contributed by atoms with E-state index in [2.05, 4.69) is 24.3 Å². The Morgan fingerprint density at radius 3 is 2.29 bits per heavy atom. The third kappa shape index (κ3) is 2.79. The largest absolute Gasteiger partial charge is 0.369 e. The molecule has 104 valence electrons. The molecule has 0 heterocycles. The van der Waals surface area contributed by atoms with Gasteiger partial charge in [0.1, 0.15) is 0 Å². The van der Waals surface area contributed by atoms with Crippen molar-refractivity contribution in [2.45, 2.75) is 12.3 Å². The van der Waals surface area contributed by atoms with Crippen LogP contribution in [0.15, 0.2) is 72.8 Å². The van der Waals surface area contributed by atoms with Crippen molar-refractivity contribution < 1.29 is 4.79 Å². The van der Waals surface area contributed by atoms with Gasteiger partial charge in [0.25, 0.3) is 0 Å². The van der Waals surface area contributed by atoms with Crippen LogP contribution in [0.2, 0.25) is 0 Å². The fraction of sp³-hybridized carbons (Fsp3) is 0.105. The summed E-state index contributed by atoms with van der Waals surface area (Å²) in [7, 11) is 0. The van der Waals surface area contributed by atoms with Gasteiger partial charge in [-0.15, -0.1) is 0 Å². The van der Waals surface area contributed by atoms with Gasteiger partial charge in [0.15, 0.2) is 0 Å². The summed E-state index contributed by atoms with van der Waals surface area (Å²) in [5.41, 5.74) is 7.75. The molecule has 21 heavy (non-hydrogen) atoms. The van der Waals surface area contributed by atoms with E-state index in [-0.39, 0.29) is 11.8 Å². The molecule has 2 heteroatoms. The number of nitrogens with two attached hydrogens (primary N) is 1. The smallest absolute Gasteiger partial charge is 0.225 e. The SMILES string of the molecule is NC(=O)C(Cc1cccc2ccccc12)c1ccccc1. The normalized spacial score (nSPS) is 12.2. The van der Waals surface area contributed by atoms with Crippen LogP contribution >= 0.6 is 0 Å². The van der Waals surface area contributed by atoms with E-state index in [1.807, 2.05) is 48.5 Å². The Balaban J connectivity index is 2.01. The maximum atomic E-state index is 11.9. The number of primary amides is 1. The van der Waals surface area contributed by atoms with Gasteiger partial charge in [-0.2, -0.15) is 0 Å². The Kier molecular flexibility index (Phi) is 3.69. The van der Waals surface area contributed by atoms with Crippen molar-refractivity contribution in [3.05, 3.63) is 83.9 Å². The van der Waals surface area contributed by atoms with Gasteiger partial charge in [0, 0.05) is 0 Å². The van der Waals surface area contributed by atoms with E-state index in [0.717, 1.165) is 11.1 Å². The quantitative estimate of drug-likeness (QED) is 0.776. The van der Waals surface area contributed by atoms with E-state index >= 15 is 0 Å². The number of carbonyl (C=O) groups excluding carboxylic acids is 1. The third-order valence-corrected chi connectivity index (χ3v) is 3.85. The van der Waals surface area contributed by atoms with Gasteiger partial charge in [-0.1, -0.05) is 72.8 Å². The van der Waals surface area contributed by atoms with Crippen molar-refractivity contribution in [1.82, 2.24) is 0 Å². The first-order valence-corrected chi connectivity index (χ1v) is 7.06. The molecule has 3 aromatic carbocycles. The van der Waals surface area contributed by atoms with Crippen LogP contribution in [0.5, 0.6) is 0 Å². The maximum absolute atomic E-state index is 11.9. The number of benzene rings is 3. The second kappa shape index (κ2) is 5.80. The molecule has 0 fully saturated rings. The highest BCUT2D eigenvalue weighted by Gasteiger charge is 2.19. The first-order chi connectivity index (χ1) is 10.3.